The molecule has 0 bridgehead atoms. The third-order valence-electron chi connectivity index (χ3n) is 4.19. The van der Waals surface area contributed by atoms with Crippen molar-refractivity contribution in [3.63, 3.8) is 0 Å². The monoisotopic (exact) mass is 389 g/mol. The summed E-state index contributed by atoms with van der Waals surface area (Å²) >= 11 is 1.14. The molecule has 1 atom stereocenters. The number of aromatic nitrogens is 5. The third kappa shape index (κ3) is 3.65. The number of thioether (sulfide) groups is 1. The van der Waals surface area contributed by atoms with Crippen LogP contribution in [0.1, 0.15) is 18.3 Å². The van der Waals surface area contributed by atoms with E-state index < -0.39 is 11.1 Å². The number of anilines is 1. The summed E-state index contributed by atoms with van der Waals surface area (Å²) in [6.45, 7) is 5.45. The van der Waals surface area contributed by atoms with Gasteiger partial charge in [-0.3, -0.25) is 9.48 Å². The smallest absolute Gasteiger partial charge is 0.237 e. The quantitative estimate of drug-likeness (QED) is 0.512. The van der Waals surface area contributed by atoms with Crippen LogP contribution in [0.2, 0.25) is 0 Å². The number of hydrogen-bond acceptors (Lipinski definition) is 6. The minimum Gasteiger partial charge on any atom is -0.335 e. The zero-order valence-corrected chi connectivity index (χ0v) is 16.2. The second-order valence-corrected chi connectivity index (χ2v) is 7.38. The van der Waals surface area contributed by atoms with E-state index in [0.717, 1.165) is 23.1 Å². The SMILES string of the molecule is Cc1nn(C)c(C)c1NC(=O)[C@H](C)Sc1nnc(-c2ccccc2F)n1N. The number of nitrogen functional groups attached to an aromatic ring is 1. The summed E-state index contributed by atoms with van der Waals surface area (Å²) < 4.78 is 16.9. The molecule has 142 valence electrons. The Balaban J connectivity index is 1.76. The summed E-state index contributed by atoms with van der Waals surface area (Å²) in [6, 6.07) is 6.17. The highest BCUT2D eigenvalue weighted by atomic mass is 32.2. The number of nitrogens with one attached hydrogen (secondary N) is 1. The topological polar surface area (TPSA) is 104 Å². The van der Waals surface area contributed by atoms with Gasteiger partial charge in [0.25, 0.3) is 0 Å². The molecule has 2 heterocycles. The predicted octanol–water partition coefficient (Wildman–Crippen LogP) is 2.27. The molecule has 0 saturated carbocycles. The maximum Gasteiger partial charge on any atom is 0.237 e. The minimum absolute atomic E-state index is 0.196. The first-order valence-corrected chi connectivity index (χ1v) is 9.10. The minimum atomic E-state index is -0.496. The summed E-state index contributed by atoms with van der Waals surface area (Å²) in [5.74, 6) is 5.56. The highest BCUT2D eigenvalue weighted by Crippen LogP contribution is 2.27. The van der Waals surface area contributed by atoms with E-state index in [9.17, 15) is 9.18 Å². The molecule has 0 aliphatic heterocycles. The molecule has 2 aromatic heterocycles. The van der Waals surface area contributed by atoms with Gasteiger partial charge in [0.05, 0.1) is 27.9 Å². The van der Waals surface area contributed by atoms with Crippen LogP contribution < -0.4 is 11.2 Å². The Labute approximate surface area is 159 Å². The maximum absolute atomic E-state index is 14.0. The van der Waals surface area contributed by atoms with E-state index in [2.05, 4.69) is 20.6 Å². The lowest BCUT2D eigenvalue weighted by Crippen LogP contribution is -2.24. The third-order valence-corrected chi connectivity index (χ3v) is 5.24. The molecule has 0 fully saturated rings. The van der Waals surface area contributed by atoms with Crippen LogP contribution in [0.3, 0.4) is 0 Å². The number of nitrogens with two attached hydrogens (primary N) is 1. The molecule has 10 heteroatoms. The van der Waals surface area contributed by atoms with E-state index >= 15 is 0 Å². The summed E-state index contributed by atoms with van der Waals surface area (Å²) in [7, 11) is 1.82. The first kappa shape index (κ1) is 18.9. The van der Waals surface area contributed by atoms with Crippen molar-refractivity contribution in [2.75, 3.05) is 11.2 Å². The number of benzene rings is 1. The number of rotatable bonds is 5. The van der Waals surface area contributed by atoms with E-state index in [4.69, 9.17) is 5.84 Å². The van der Waals surface area contributed by atoms with Gasteiger partial charge in [0.15, 0.2) is 5.82 Å². The number of amides is 1. The Kier molecular flexibility index (Phi) is 5.17. The van der Waals surface area contributed by atoms with Gasteiger partial charge in [0, 0.05) is 7.05 Å². The Morgan fingerprint density at radius 1 is 1.30 bits per heavy atom. The van der Waals surface area contributed by atoms with Gasteiger partial charge in [0.1, 0.15) is 5.82 Å². The molecule has 27 heavy (non-hydrogen) atoms. The maximum atomic E-state index is 14.0. The summed E-state index contributed by atoms with van der Waals surface area (Å²) in [4.78, 5) is 12.5. The zero-order chi connectivity index (χ0) is 19.7. The Bertz CT molecular complexity index is 997. The highest BCUT2D eigenvalue weighted by Gasteiger charge is 2.22. The van der Waals surface area contributed by atoms with Gasteiger partial charge in [-0.25, -0.2) is 9.07 Å². The number of carbonyl (C=O) groups excluding carboxylic acids is 1. The van der Waals surface area contributed by atoms with Crippen molar-refractivity contribution in [3.05, 3.63) is 41.5 Å². The van der Waals surface area contributed by atoms with Crippen molar-refractivity contribution in [2.45, 2.75) is 31.2 Å². The predicted molar refractivity (Wildman–Crippen MR) is 102 cm³/mol. The highest BCUT2D eigenvalue weighted by molar-refractivity contribution is 8.00. The lowest BCUT2D eigenvalue weighted by Gasteiger charge is -2.12. The second kappa shape index (κ2) is 7.39. The fourth-order valence-corrected chi connectivity index (χ4v) is 3.34. The molecule has 0 unspecified atom stereocenters. The molecule has 1 amide bonds. The summed E-state index contributed by atoms with van der Waals surface area (Å²) in [5, 5.41) is 14.9. The Hall–Kier alpha value is -2.88. The van der Waals surface area contributed by atoms with E-state index in [0.29, 0.717) is 10.8 Å². The molecular weight excluding hydrogens is 369 g/mol. The van der Waals surface area contributed by atoms with Crippen molar-refractivity contribution in [3.8, 4) is 11.4 Å². The van der Waals surface area contributed by atoms with Crippen molar-refractivity contribution >= 4 is 23.4 Å². The fraction of sp³-hybridized carbons (Fsp3) is 0.294. The van der Waals surface area contributed by atoms with Crippen LogP contribution in [0.15, 0.2) is 29.4 Å². The van der Waals surface area contributed by atoms with Crippen LogP contribution in [0.4, 0.5) is 10.1 Å². The molecule has 0 aliphatic carbocycles. The molecule has 8 nitrogen and oxygen atoms in total. The van der Waals surface area contributed by atoms with Crippen LogP contribution in [0.25, 0.3) is 11.4 Å². The van der Waals surface area contributed by atoms with Gasteiger partial charge in [-0.05, 0) is 32.9 Å². The van der Waals surface area contributed by atoms with Gasteiger partial charge in [0.2, 0.25) is 11.1 Å². The number of halogens is 1. The molecule has 0 saturated heterocycles. The molecule has 0 spiro atoms. The molecule has 0 aliphatic rings. The summed E-state index contributed by atoms with van der Waals surface area (Å²) in [6.07, 6.45) is 0. The second-order valence-electron chi connectivity index (χ2n) is 6.07. The zero-order valence-electron chi connectivity index (χ0n) is 15.4. The number of hydrogen-bond donors (Lipinski definition) is 2. The van der Waals surface area contributed by atoms with Gasteiger partial charge in [-0.2, -0.15) is 5.10 Å². The number of carbonyl (C=O) groups is 1. The Morgan fingerprint density at radius 2 is 2.00 bits per heavy atom. The van der Waals surface area contributed by atoms with Crippen LogP contribution in [-0.2, 0) is 11.8 Å². The van der Waals surface area contributed by atoms with Crippen LogP contribution >= 0.6 is 11.8 Å². The summed E-state index contributed by atoms with van der Waals surface area (Å²) in [5.41, 5.74) is 2.54. The van der Waals surface area contributed by atoms with E-state index in [1.807, 2.05) is 20.9 Å². The Morgan fingerprint density at radius 3 is 2.63 bits per heavy atom. The lowest BCUT2D eigenvalue weighted by molar-refractivity contribution is -0.115. The van der Waals surface area contributed by atoms with Crippen molar-refractivity contribution < 1.29 is 9.18 Å². The van der Waals surface area contributed by atoms with Gasteiger partial charge in [-0.1, -0.05) is 23.9 Å². The molecule has 3 rings (SSSR count). The number of nitrogens with zero attached hydrogens (tertiary/aromatic N) is 5. The van der Waals surface area contributed by atoms with Crippen LogP contribution in [-0.4, -0.2) is 35.8 Å². The van der Waals surface area contributed by atoms with Gasteiger partial charge in [-0.15, -0.1) is 10.2 Å². The fourth-order valence-electron chi connectivity index (χ4n) is 2.57. The van der Waals surface area contributed by atoms with Gasteiger partial charge >= 0.3 is 0 Å². The normalized spacial score (nSPS) is 12.2. The average Bonchev–Trinajstić information content (AvgIpc) is 3.10. The first-order chi connectivity index (χ1) is 12.8. The first-order valence-electron chi connectivity index (χ1n) is 8.22. The largest absolute Gasteiger partial charge is 0.335 e. The van der Waals surface area contributed by atoms with E-state index in [1.165, 1.54) is 10.7 Å². The molecule has 3 N–H and O–H groups in total. The van der Waals surface area contributed by atoms with E-state index in [1.54, 1.807) is 29.8 Å². The lowest BCUT2D eigenvalue weighted by atomic mass is 10.2. The van der Waals surface area contributed by atoms with Gasteiger partial charge < -0.3 is 11.2 Å². The molecule has 0 radical (unpaired) electrons. The van der Waals surface area contributed by atoms with Crippen LogP contribution in [0, 0.1) is 19.7 Å². The van der Waals surface area contributed by atoms with Crippen molar-refractivity contribution in [1.29, 1.82) is 0 Å². The molecular formula is C17H20FN7OS. The van der Waals surface area contributed by atoms with E-state index in [-0.39, 0.29) is 17.3 Å². The average molecular weight is 389 g/mol. The van der Waals surface area contributed by atoms with Crippen molar-refractivity contribution in [2.24, 2.45) is 7.05 Å². The standard InChI is InChI=1S/C17H20FN7OS/c1-9-14(10(2)24(4)23-9)20-16(26)11(3)27-17-22-21-15(25(17)19)12-7-5-6-8-13(12)18/h5-8,11H,19H2,1-4H3,(H,20,26)/t11-/m0/s1. The molecule has 3 aromatic rings. The van der Waals surface area contributed by atoms with Crippen LogP contribution in [0.5, 0.6) is 0 Å². The molecule has 1 aromatic carbocycles. The number of aryl methyl sites for hydroxylation is 2. The van der Waals surface area contributed by atoms with Crippen molar-refractivity contribution in [1.82, 2.24) is 24.7 Å².